The number of hydrogen-bond donors (Lipinski definition) is 2. The maximum Gasteiger partial charge on any atom is 0.175 e. The number of benzene rings is 1. The Morgan fingerprint density at radius 2 is 1.76 bits per heavy atom. The van der Waals surface area contributed by atoms with E-state index in [4.69, 9.17) is 21.7 Å². The zero-order valence-electron chi connectivity index (χ0n) is 9.96. The van der Waals surface area contributed by atoms with E-state index in [9.17, 15) is 0 Å². The molecule has 0 amide bonds. The van der Waals surface area contributed by atoms with Crippen LogP contribution in [0.2, 0.25) is 0 Å². The van der Waals surface area contributed by atoms with E-state index in [2.05, 4.69) is 9.97 Å². The van der Waals surface area contributed by atoms with Crippen LogP contribution in [0.15, 0.2) is 18.2 Å². The fraction of sp³-hybridized carbons (Fsp3) is 0.250. The van der Waals surface area contributed by atoms with Gasteiger partial charge in [0.15, 0.2) is 16.3 Å². The highest BCUT2D eigenvalue weighted by molar-refractivity contribution is 7.71. The second-order valence-corrected chi connectivity index (χ2v) is 4.06. The van der Waals surface area contributed by atoms with E-state index in [0.717, 1.165) is 17.0 Å². The zero-order valence-corrected chi connectivity index (χ0v) is 10.8. The van der Waals surface area contributed by atoms with Crippen LogP contribution >= 0.6 is 12.2 Å². The molecule has 2 rings (SSSR count). The summed E-state index contributed by atoms with van der Waals surface area (Å²) < 4.78 is 11.1. The van der Waals surface area contributed by atoms with Crippen LogP contribution in [0.1, 0.15) is 5.69 Å². The molecule has 0 fully saturated rings. The van der Waals surface area contributed by atoms with Crippen LogP contribution in [-0.4, -0.2) is 24.2 Å². The van der Waals surface area contributed by atoms with E-state index >= 15 is 0 Å². The summed E-state index contributed by atoms with van der Waals surface area (Å²) in [5.41, 5.74) is 2.98. The van der Waals surface area contributed by atoms with Gasteiger partial charge in [-0.15, -0.1) is 0 Å². The molecule has 17 heavy (non-hydrogen) atoms. The third-order valence-electron chi connectivity index (χ3n) is 2.59. The van der Waals surface area contributed by atoms with E-state index in [-0.39, 0.29) is 0 Å². The van der Waals surface area contributed by atoms with Gasteiger partial charge in [0.05, 0.1) is 19.9 Å². The first kappa shape index (κ1) is 11.7. The summed E-state index contributed by atoms with van der Waals surface area (Å²) in [4.78, 5) is 6.17. The second kappa shape index (κ2) is 4.63. The molecule has 2 N–H and O–H groups in total. The second-order valence-electron chi connectivity index (χ2n) is 3.65. The fourth-order valence-electron chi connectivity index (χ4n) is 1.75. The molecule has 4 nitrogen and oxygen atoms in total. The molecule has 0 aliphatic rings. The van der Waals surface area contributed by atoms with Gasteiger partial charge in [0.2, 0.25) is 0 Å². The van der Waals surface area contributed by atoms with Gasteiger partial charge in [-0.25, -0.2) is 0 Å². The predicted octanol–water partition coefficient (Wildman–Crippen LogP) is 3.06. The lowest BCUT2D eigenvalue weighted by Crippen LogP contribution is -1.91. The molecule has 1 aromatic heterocycles. The Balaban J connectivity index is 2.53. The Morgan fingerprint density at radius 1 is 1.06 bits per heavy atom. The average molecular weight is 250 g/mol. The molecule has 0 unspecified atom stereocenters. The highest BCUT2D eigenvalue weighted by atomic mass is 32.1. The number of aromatic nitrogens is 2. The molecule has 0 saturated carbocycles. The van der Waals surface area contributed by atoms with Crippen molar-refractivity contribution < 1.29 is 9.47 Å². The van der Waals surface area contributed by atoms with Crippen molar-refractivity contribution in [1.29, 1.82) is 0 Å². The molecule has 0 radical (unpaired) electrons. The number of methoxy groups -OCH3 is 2. The minimum absolute atomic E-state index is 0.618. The van der Waals surface area contributed by atoms with E-state index in [0.29, 0.717) is 16.3 Å². The molecule has 90 valence electrons. The first-order chi connectivity index (χ1) is 8.15. The van der Waals surface area contributed by atoms with Crippen molar-refractivity contribution in [3.63, 3.8) is 0 Å². The number of imidazole rings is 1. The maximum atomic E-state index is 5.27. The topological polar surface area (TPSA) is 50.0 Å². The van der Waals surface area contributed by atoms with Gasteiger partial charge >= 0.3 is 0 Å². The standard InChI is InChI=1S/C12H14N2O2S/c1-7-11(14-12(17)13-7)8-4-5-9(15-2)10(6-8)16-3/h4-6H,1-3H3,(H2,13,14,17). The van der Waals surface area contributed by atoms with Gasteiger partial charge in [-0.2, -0.15) is 0 Å². The SMILES string of the molecule is COc1ccc(-c2[nH]c(=S)[nH]c2C)cc1OC. The molecular formula is C12H14N2O2S. The van der Waals surface area contributed by atoms with Crippen LogP contribution < -0.4 is 9.47 Å². The summed E-state index contributed by atoms with van der Waals surface area (Å²) in [7, 11) is 3.24. The lowest BCUT2D eigenvalue weighted by atomic mass is 10.1. The Bertz CT molecular complexity index is 586. The first-order valence-corrected chi connectivity index (χ1v) is 5.58. The number of H-pyrrole nitrogens is 2. The van der Waals surface area contributed by atoms with Crippen molar-refractivity contribution in [2.45, 2.75) is 6.92 Å². The molecule has 0 bridgehead atoms. The van der Waals surface area contributed by atoms with Gasteiger partial charge in [0.25, 0.3) is 0 Å². The highest BCUT2D eigenvalue weighted by Crippen LogP contribution is 2.32. The molecule has 1 heterocycles. The number of rotatable bonds is 3. The van der Waals surface area contributed by atoms with Crippen molar-refractivity contribution in [3.8, 4) is 22.8 Å². The van der Waals surface area contributed by atoms with Crippen LogP contribution in [0.25, 0.3) is 11.3 Å². The Hall–Kier alpha value is -1.75. The van der Waals surface area contributed by atoms with Gasteiger partial charge < -0.3 is 19.4 Å². The minimum Gasteiger partial charge on any atom is -0.493 e. The normalized spacial score (nSPS) is 10.3. The number of aryl methyl sites for hydroxylation is 1. The molecule has 0 saturated heterocycles. The van der Waals surface area contributed by atoms with Gasteiger partial charge in [-0.05, 0) is 37.3 Å². The predicted molar refractivity (Wildman–Crippen MR) is 69.3 cm³/mol. The van der Waals surface area contributed by atoms with Gasteiger partial charge in [0, 0.05) is 11.3 Å². The summed E-state index contributed by atoms with van der Waals surface area (Å²) in [5.74, 6) is 1.41. The van der Waals surface area contributed by atoms with Crippen molar-refractivity contribution in [3.05, 3.63) is 28.7 Å². The van der Waals surface area contributed by atoms with E-state index in [1.165, 1.54) is 0 Å². The average Bonchev–Trinajstić information content (AvgIpc) is 2.67. The number of ether oxygens (including phenoxy) is 2. The molecular weight excluding hydrogens is 236 g/mol. The smallest absolute Gasteiger partial charge is 0.175 e. The summed E-state index contributed by atoms with van der Waals surface area (Å²) in [6.45, 7) is 1.97. The lowest BCUT2D eigenvalue weighted by molar-refractivity contribution is 0.355. The largest absolute Gasteiger partial charge is 0.493 e. The molecule has 5 heteroatoms. The first-order valence-electron chi connectivity index (χ1n) is 5.17. The van der Waals surface area contributed by atoms with Crippen LogP contribution in [0.4, 0.5) is 0 Å². The van der Waals surface area contributed by atoms with Crippen molar-refractivity contribution in [1.82, 2.24) is 9.97 Å². The summed E-state index contributed by atoms with van der Waals surface area (Å²) >= 11 is 5.06. The molecule has 1 aromatic carbocycles. The van der Waals surface area contributed by atoms with E-state index < -0.39 is 0 Å². The monoisotopic (exact) mass is 250 g/mol. The molecule has 0 aliphatic carbocycles. The number of aromatic amines is 2. The minimum atomic E-state index is 0.618. The summed E-state index contributed by atoms with van der Waals surface area (Å²) in [6.07, 6.45) is 0. The van der Waals surface area contributed by atoms with Gasteiger partial charge in [-0.3, -0.25) is 0 Å². The molecule has 0 atom stereocenters. The van der Waals surface area contributed by atoms with Crippen LogP contribution in [0.5, 0.6) is 11.5 Å². The molecule has 2 aromatic rings. The highest BCUT2D eigenvalue weighted by Gasteiger charge is 2.09. The van der Waals surface area contributed by atoms with Gasteiger partial charge in [0.1, 0.15) is 0 Å². The summed E-state index contributed by atoms with van der Waals surface area (Å²) in [5, 5.41) is 0. The van der Waals surface area contributed by atoms with Crippen LogP contribution in [-0.2, 0) is 0 Å². The zero-order chi connectivity index (χ0) is 12.4. The summed E-state index contributed by atoms with van der Waals surface area (Å²) in [6, 6.07) is 5.75. The Morgan fingerprint density at radius 3 is 2.29 bits per heavy atom. The van der Waals surface area contributed by atoms with E-state index in [1.54, 1.807) is 14.2 Å². The van der Waals surface area contributed by atoms with Gasteiger partial charge in [-0.1, -0.05) is 0 Å². The van der Waals surface area contributed by atoms with E-state index in [1.807, 2.05) is 25.1 Å². The fourth-order valence-corrected chi connectivity index (χ4v) is 2.01. The number of nitrogens with one attached hydrogen (secondary N) is 2. The third kappa shape index (κ3) is 2.19. The third-order valence-corrected chi connectivity index (χ3v) is 2.79. The molecule has 0 aliphatic heterocycles. The Labute approximate surface area is 105 Å². The quantitative estimate of drug-likeness (QED) is 0.823. The van der Waals surface area contributed by atoms with Crippen molar-refractivity contribution >= 4 is 12.2 Å². The maximum absolute atomic E-state index is 5.27. The van der Waals surface area contributed by atoms with Crippen LogP contribution in [0, 0.1) is 11.7 Å². The van der Waals surface area contributed by atoms with Crippen LogP contribution in [0.3, 0.4) is 0 Å². The number of hydrogen-bond acceptors (Lipinski definition) is 3. The van der Waals surface area contributed by atoms with Crippen molar-refractivity contribution in [2.24, 2.45) is 0 Å². The van der Waals surface area contributed by atoms with Crippen molar-refractivity contribution in [2.75, 3.05) is 14.2 Å². The Kier molecular flexibility index (Phi) is 3.19. The molecule has 0 spiro atoms. The lowest BCUT2D eigenvalue weighted by Gasteiger charge is -2.09.